The van der Waals surface area contributed by atoms with E-state index in [0.29, 0.717) is 6.54 Å². The SMILES string of the molecule is NCC(c1ccc(Br)s1)C(N)Cc1ccccc1. The van der Waals surface area contributed by atoms with Crippen LogP contribution in [0.15, 0.2) is 46.3 Å². The minimum atomic E-state index is 0.0583. The van der Waals surface area contributed by atoms with E-state index >= 15 is 0 Å². The van der Waals surface area contributed by atoms with Crippen LogP contribution in [-0.2, 0) is 6.42 Å². The van der Waals surface area contributed by atoms with Gasteiger partial charge in [0, 0.05) is 23.4 Å². The Balaban J connectivity index is 2.08. The second-order valence-corrected chi connectivity index (χ2v) is 6.83. The van der Waals surface area contributed by atoms with E-state index in [2.05, 4.69) is 40.2 Å². The lowest BCUT2D eigenvalue weighted by atomic mass is 9.93. The van der Waals surface area contributed by atoms with Gasteiger partial charge in [0.05, 0.1) is 3.79 Å². The molecule has 0 radical (unpaired) electrons. The number of thiophene rings is 1. The summed E-state index contributed by atoms with van der Waals surface area (Å²) < 4.78 is 1.13. The van der Waals surface area contributed by atoms with Crippen LogP contribution in [0.25, 0.3) is 0 Å². The molecule has 4 N–H and O–H groups in total. The van der Waals surface area contributed by atoms with Crippen LogP contribution >= 0.6 is 27.3 Å². The molecule has 2 unspecified atom stereocenters. The highest BCUT2D eigenvalue weighted by molar-refractivity contribution is 9.11. The number of hydrogen-bond acceptors (Lipinski definition) is 3. The highest BCUT2D eigenvalue weighted by Gasteiger charge is 2.20. The van der Waals surface area contributed by atoms with Gasteiger partial charge in [0.2, 0.25) is 0 Å². The van der Waals surface area contributed by atoms with Crippen LogP contribution in [-0.4, -0.2) is 12.6 Å². The van der Waals surface area contributed by atoms with Gasteiger partial charge in [0.1, 0.15) is 0 Å². The average Bonchev–Trinajstić information content (AvgIpc) is 2.78. The fourth-order valence-corrected chi connectivity index (χ4v) is 3.67. The third kappa shape index (κ3) is 3.42. The van der Waals surface area contributed by atoms with Crippen LogP contribution in [0.3, 0.4) is 0 Å². The molecule has 0 saturated carbocycles. The minimum absolute atomic E-state index is 0.0583. The Hall–Kier alpha value is -0.680. The van der Waals surface area contributed by atoms with Crippen LogP contribution in [0.1, 0.15) is 16.4 Å². The molecule has 0 saturated heterocycles. The summed E-state index contributed by atoms with van der Waals surface area (Å²) in [4.78, 5) is 1.26. The minimum Gasteiger partial charge on any atom is -0.330 e. The van der Waals surface area contributed by atoms with E-state index in [9.17, 15) is 0 Å². The Labute approximate surface area is 120 Å². The molecule has 0 amide bonds. The van der Waals surface area contributed by atoms with Gasteiger partial charge in [-0.25, -0.2) is 0 Å². The smallest absolute Gasteiger partial charge is 0.0701 e. The van der Waals surface area contributed by atoms with E-state index in [-0.39, 0.29) is 12.0 Å². The lowest BCUT2D eigenvalue weighted by molar-refractivity contribution is 0.542. The molecule has 0 bridgehead atoms. The molecule has 0 aliphatic rings. The molecule has 18 heavy (non-hydrogen) atoms. The Morgan fingerprint density at radius 1 is 1.11 bits per heavy atom. The summed E-state index contributed by atoms with van der Waals surface area (Å²) in [6.07, 6.45) is 0.859. The third-order valence-electron chi connectivity index (χ3n) is 3.04. The number of hydrogen-bond donors (Lipinski definition) is 2. The molecule has 0 aliphatic carbocycles. The molecule has 96 valence electrons. The summed E-state index contributed by atoms with van der Waals surface area (Å²) in [5, 5.41) is 0. The maximum atomic E-state index is 6.31. The highest BCUT2D eigenvalue weighted by atomic mass is 79.9. The molecule has 2 atom stereocenters. The number of rotatable bonds is 5. The highest BCUT2D eigenvalue weighted by Crippen LogP contribution is 2.30. The van der Waals surface area contributed by atoms with Gasteiger partial charge >= 0.3 is 0 Å². The monoisotopic (exact) mass is 324 g/mol. The van der Waals surface area contributed by atoms with Gasteiger partial charge in [-0.15, -0.1) is 11.3 Å². The molecule has 0 spiro atoms. The van der Waals surface area contributed by atoms with Crippen LogP contribution in [0.4, 0.5) is 0 Å². The Morgan fingerprint density at radius 3 is 2.39 bits per heavy atom. The lowest BCUT2D eigenvalue weighted by Crippen LogP contribution is -2.34. The van der Waals surface area contributed by atoms with Crippen molar-refractivity contribution < 1.29 is 0 Å². The third-order valence-corrected chi connectivity index (χ3v) is 4.80. The first-order valence-electron chi connectivity index (χ1n) is 5.95. The van der Waals surface area contributed by atoms with Crippen molar-refractivity contribution in [1.82, 2.24) is 0 Å². The molecule has 0 aliphatic heterocycles. The Kier molecular flexibility index (Phi) is 4.95. The maximum absolute atomic E-state index is 6.31. The molecule has 2 nitrogen and oxygen atoms in total. The predicted octanol–water partition coefficient (Wildman–Crippen LogP) is 3.12. The Morgan fingerprint density at radius 2 is 1.83 bits per heavy atom. The van der Waals surface area contributed by atoms with Crippen LogP contribution in [0, 0.1) is 0 Å². The largest absolute Gasteiger partial charge is 0.330 e. The fraction of sp³-hybridized carbons (Fsp3) is 0.286. The van der Waals surface area contributed by atoms with Crippen molar-refractivity contribution in [3.8, 4) is 0 Å². The number of nitrogens with two attached hydrogens (primary N) is 2. The molecule has 4 heteroatoms. The van der Waals surface area contributed by atoms with E-state index in [1.54, 1.807) is 11.3 Å². The van der Waals surface area contributed by atoms with E-state index in [1.165, 1.54) is 10.4 Å². The standard InChI is InChI=1S/C14H17BrN2S/c15-14-7-6-13(18-14)11(9-16)12(17)8-10-4-2-1-3-5-10/h1-7,11-12H,8-9,16-17H2. The van der Waals surface area contributed by atoms with Gasteiger partial charge < -0.3 is 11.5 Å². The van der Waals surface area contributed by atoms with E-state index < -0.39 is 0 Å². The normalized spacial score (nSPS) is 14.4. The molecule has 1 aromatic heterocycles. The number of benzene rings is 1. The molecular formula is C14H17BrN2S. The zero-order valence-electron chi connectivity index (χ0n) is 10.1. The topological polar surface area (TPSA) is 52.0 Å². The van der Waals surface area contributed by atoms with Crippen molar-refractivity contribution in [2.75, 3.05) is 6.54 Å². The van der Waals surface area contributed by atoms with Crippen molar-refractivity contribution >= 4 is 27.3 Å². The summed E-state index contributed by atoms with van der Waals surface area (Å²) in [5.74, 6) is 0.224. The number of halogens is 1. The molecule has 1 aromatic carbocycles. The van der Waals surface area contributed by atoms with Gasteiger partial charge in [0.25, 0.3) is 0 Å². The summed E-state index contributed by atoms with van der Waals surface area (Å²) in [7, 11) is 0. The summed E-state index contributed by atoms with van der Waals surface area (Å²) >= 11 is 5.20. The summed E-state index contributed by atoms with van der Waals surface area (Å²) in [5.41, 5.74) is 13.5. The van der Waals surface area contributed by atoms with Crippen molar-refractivity contribution in [3.63, 3.8) is 0 Å². The second-order valence-electron chi connectivity index (χ2n) is 4.34. The van der Waals surface area contributed by atoms with Crippen molar-refractivity contribution in [1.29, 1.82) is 0 Å². The van der Waals surface area contributed by atoms with Gasteiger partial charge in [-0.2, -0.15) is 0 Å². The van der Waals surface area contributed by atoms with E-state index in [4.69, 9.17) is 11.5 Å². The van der Waals surface area contributed by atoms with Gasteiger partial charge in [0.15, 0.2) is 0 Å². The van der Waals surface area contributed by atoms with Crippen LogP contribution < -0.4 is 11.5 Å². The first-order chi connectivity index (χ1) is 8.70. The van der Waals surface area contributed by atoms with E-state index in [0.717, 1.165) is 10.2 Å². The molecular weight excluding hydrogens is 308 g/mol. The molecule has 0 fully saturated rings. The Bertz CT molecular complexity index is 484. The molecule has 1 heterocycles. The zero-order chi connectivity index (χ0) is 13.0. The van der Waals surface area contributed by atoms with Gasteiger partial charge in [-0.1, -0.05) is 30.3 Å². The second kappa shape index (κ2) is 6.48. The maximum Gasteiger partial charge on any atom is 0.0701 e. The van der Waals surface area contributed by atoms with Crippen molar-refractivity contribution in [2.24, 2.45) is 11.5 Å². The van der Waals surface area contributed by atoms with Crippen LogP contribution in [0.5, 0.6) is 0 Å². The first kappa shape index (κ1) is 13.7. The average molecular weight is 325 g/mol. The molecule has 2 rings (SSSR count). The first-order valence-corrected chi connectivity index (χ1v) is 7.56. The predicted molar refractivity (Wildman–Crippen MR) is 81.9 cm³/mol. The summed E-state index contributed by atoms with van der Waals surface area (Å²) in [6.45, 7) is 0.584. The lowest BCUT2D eigenvalue weighted by Gasteiger charge is -2.21. The van der Waals surface area contributed by atoms with Crippen molar-refractivity contribution in [2.45, 2.75) is 18.4 Å². The van der Waals surface area contributed by atoms with Crippen molar-refractivity contribution in [3.05, 3.63) is 56.7 Å². The van der Waals surface area contributed by atoms with Crippen LogP contribution in [0.2, 0.25) is 0 Å². The molecule has 2 aromatic rings. The fourth-order valence-electron chi connectivity index (χ4n) is 2.06. The van der Waals surface area contributed by atoms with E-state index in [1.807, 2.05) is 18.2 Å². The van der Waals surface area contributed by atoms with Gasteiger partial charge in [-0.05, 0) is 40.0 Å². The summed E-state index contributed by atoms with van der Waals surface area (Å²) in [6, 6.07) is 14.5. The van der Waals surface area contributed by atoms with Gasteiger partial charge in [-0.3, -0.25) is 0 Å². The zero-order valence-corrected chi connectivity index (χ0v) is 12.5. The quantitative estimate of drug-likeness (QED) is 0.887.